The number of carbonyl (C=O) groups is 1. The minimum atomic E-state index is -4.04. The molecule has 174 valence electrons. The van der Waals surface area contributed by atoms with Crippen molar-refractivity contribution in [1.82, 2.24) is 5.32 Å². The highest BCUT2D eigenvalue weighted by molar-refractivity contribution is 7.92. The van der Waals surface area contributed by atoms with Gasteiger partial charge < -0.3 is 10.1 Å². The summed E-state index contributed by atoms with van der Waals surface area (Å²) in [4.78, 5) is 13.0. The number of carbonyl (C=O) groups excluding carboxylic acids is 1. The smallest absolute Gasteiger partial charge is 0.264 e. The number of anilines is 1. The molecule has 0 heterocycles. The van der Waals surface area contributed by atoms with E-state index in [4.69, 9.17) is 16.3 Å². The second-order valence-electron chi connectivity index (χ2n) is 7.84. The van der Waals surface area contributed by atoms with E-state index in [-0.39, 0.29) is 21.6 Å². The van der Waals surface area contributed by atoms with E-state index in [0.29, 0.717) is 5.75 Å². The summed E-state index contributed by atoms with van der Waals surface area (Å²) in [5, 5.41) is 3.13. The maximum atomic E-state index is 13.5. The first-order valence-electron chi connectivity index (χ1n) is 10.4. The van der Waals surface area contributed by atoms with Crippen LogP contribution in [0.4, 0.5) is 5.69 Å². The Morgan fingerprint density at radius 3 is 2.12 bits per heavy atom. The standard InChI is InChI=1S/C25H27ClN2O4S/c1-17-5-9-20(10-6-17)19(3)27-25(29)16-28(21-11-14-24(32-4)23(26)15-21)33(30,31)22-12-7-18(2)8-13-22/h5-15,19H,16H2,1-4H3,(H,27,29). The third-order valence-electron chi connectivity index (χ3n) is 5.27. The van der Waals surface area contributed by atoms with Crippen LogP contribution in [0.2, 0.25) is 5.02 Å². The van der Waals surface area contributed by atoms with Crippen molar-refractivity contribution >= 4 is 33.2 Å². The topological polar surface area (TPSA) is 75.7 Å². The summed E-state index contributed by atoms with van der Waals surface area (Å²) in [5.41, 5.74) is 3.23. The highest BCUT2D eigenvalue weighted by Gasteiger charge is 2.28. The zero-order valence-electron chi connectivity index (χ0n) is 19.0. The summed E-state index contributed by atoms with van der Waals surface area (Å²) in [6.45, 7) is 5.30. The van der Waals surface area contributed by atoms with Gasteiger partial charge in [-0.1, -0.05) is 59.1 Å². The number of aryl methyl sites for hydroxylation is 2. The number of sulfonamides is 1. The van der Waals surface area contributed by atoms with Crippen LogP contribution in [-0.2, 0) is 14.8 Å². The summed E-state index contributed by atoms with van der Waals surface area (Å²) in [6.07, 6.45) is 0. The number of nitrogens with zero attached hydrogens (tertiary/aromatic N) is 1. The second kappa shape index (κ2) is 10.3. The van der Waals surface area contributed by atoms with Crippen molar-refractivity contribution in [2.75, 3.05) is 18.0 Å². The number of amides is 1. The number of methoxy groups -OCH3 is 1. The lowest BCUT2D eigenvalue weighted by Gasteiger charge is -2.25. The van der Waals surface area contributed by atoms with Gasteiger partial charge in [0, 0.05) is 0 Å². The molecule has 0 saturated heterocycles. The maximum absolute atomic E-state index is 13.5. The Bertz CT molecular complexity index is 1230. The van der Waals surface area contributed by atoms with E-state index >= 15 is 0 Å². The molecule has 6 nitrogen and oxygen atoms in total. The van der Waals surface area contributed by atoms with Gasteiger partial charge in [0.05, 0.1) is 28.8 Å². The first-order chi connectivity index (χ1) is 15.6. The highest BCUT2D eigenvalue weighted by Crippen LogP contribution is 2.32. The monoisotopic (exact) mass is 486 g/mol. The van der Waals surface area contributed by atoms with E-state index in [1.807, 2.05) is 45.0 Å². The first-order valence-corrected chi connectivity index (χ1v) is 12.2. The molecule has 0 spiro atoms. The lowest BCUT2D eigenvalue weighted by Crippen LogP contribution is -2.41. The van der Waals surface area contributed by atoms with Crippen molar-refractivity contribution in [3.8, 4) is 5.75 Å². The molecule has 33 heavy (non-hydrogen) atoms. The molecule has 3 aromatic carbocycles. The fourth-order valence-electron chi connectivity index (χ4n) is 3.32. The third-order valence-corrected chi connectivity index (χ3v) is 7.36. The Kier molecular flexibility index (Phi) is 7.66. The molecular formula is C25H27ClN2O4S. The molecule has 0 aliphatic carbocycles. The van der Waals surface area contributed by atoms with Crippen LogP contribution in [-0.4, -0.2) is 28.0 Å². The van der Waals surface area contributed by atoms with Gasteiger partial charge in [-0.05, 0) is 56.7 Å². The maximum Gasteiger partial charge on any atom is 0.264 e. The molecule has 0 aromatic heterocycles. The minimum absolute atomic E-state index is 0.0828. The Labute approximate surface area is 200 Å². The molecule has 1 unspecified atom stereocenters. The summed E-state index contributed by atoms with van der Waals surface area (Å²) in [6, 6.07) is 18.6. The van der Waals surface area contributed by atoms with Gasteiger partial charge in [-0.15, -0.1) is 0 Å². The number of benzene rings is 3. The van der Waals surface area contributed by atoms with E-state index in [1.165, 1.54) is 25.3 Å². The number of hydrogen-bond acceptors (Lipinski definition) is 4. The van der Waals surface area contributed by atoms with E-state index in [1.54, 1.807) is 24.3 Å². The van der Waals surface area contributed by atoms with Crippen molar-refractivity contribution in [1.29, 1.82) is 0 Å². The van der Waals surface area contributed by atoms with Gasteiger partial charge in [0.2, 0.25) is 5.91 Å². The van der Waals surface area contributed by atoms with Gasteiger partial charge >= 0.3 is 0 Å². The number of halogens is 1. The number of ether oxygens (including phenoxy) is 1. The molecule has 0 aliphatic rings. The number of nitrogens with one attached hydrogen (secondary N) is 1. The van der Waals surface area contributed by atoms with Crippen LogP contribution in [0.5, 0.6) is 5.75 Å². The highest BCUT2D eigenvalue weighted by atomic mass is 35.5. The SMILES string of the molecule is COc1ccc(N(CC(=O)NC(C)c2ccc(C)cc2)S(=O)(=O)c2ccc(C)cc2)cc1Cl. The Morgan fingerprint density at radius 2 is 1.58 bits per heavy atom. The molecule has 0 radical (unpaired) electrons. The third kappa shape index (κ3) is 5.86. The van der Waals surface area contributed by atoms with Crippen LogP contribution in [0.3, 0.4) is 0 Å². The van der Waals surface area contributed by atoms with Crippen LogP contribution >= 0.6 is 11.6 Å². The normalized spacial score (nSPS) is 12.2. The van der Waals surface area contributed by atoms with Crippen LogP contribution in [0.25, 0.3) is 0 Å². The van der Waals surface area contributed by atoms with E-state index in [0.717, 1.165) is 21.0 Å². The first kappa shape index (κ1) is 24.6. The van der Waals surface area contributed by atoms with Crippen LogP contribution in [0, 0.1) is 13.8 Å². The average Bonchev–Trinajstić information content (AvgIpc) is 2.78. The van der Waals surface area contributed by atoms with Crippen molar-refractivity contribution in [3.05, 3.63) is 88.4 Å². The summed E-state index contributed by atoms with van der Waals surface area (Å²) in [7, 11) is -2.56. The second-order valence-corrected chi connectivity index (χ2v) is 10.1. The molecule has 1 atom stereocenters. The van der Waals surface area contributed by atoms with Crippen LogP contribution in [0.1, 0.15) is 29.7 Å². The molecule has 0 aliphatic heterocycles. The molecule has 1 amide bonds. The van der Waals surface area contributed by atoms with Crippen molar-refractivity contribution < 1.29 is 17.9 Å². The van der Waals surface area contributed by atoms with E-state index in [9.17, 15) is 13.2 Å². The van der Waals surface area contributed by atoms with E-state index < -0.39 is 22.5 Å². The molecule has 8 heteroatoms. The lowest BCUT2D eigenvalue weighted by atomic mass is 10.1. The minimum Gasteiger partial charge on any atom is -0.495 e. The van der Waals surface area contributed by atoms with Crippen molar-refractivity contribution in [3.63, 3.8) is 0 Å². The molecule has 3 aromatic rings. The zero-order valence-corrected chi connectivity index (χ0v) is 20.6. The molecular weight excluding hydrogens is 460 g/mol. The van der Waals surface area contributed by atoms with Crippen molar-refractivity contribution in [2.24, 2.45) is 0 Å². The summed E-state index contributed by atoms with van der Waals surface area (Å²) in [5.74, 6) is -0.0313. The fourth-order valence-corrected chi connectivity index (χ4v) is 4.98. The lowest BCUT2D eigenvalue weighted by molar-refractivity contribution is -0.120. The van der Waals surface area contributed by atoms with Gasteiger partial charge in [0.15, 0.2) is 0 Å². The predicted octanol–water partition coefficient (Wildman–Crippen LogP) is 5.04. The van der Waals surface area contributed by atoms with Gasteiger partial charge in [-0.3, -0.25) is 9.10 Å². The van der Waals surface area contributed by atoms with Gasteiger partial charge in [-0.25, -0.2) is 8.42 Å². The Hall–Kier alpha value is -3.03. The quantitative estimate of drug-likeness (QED) is 0.484. The molecule has 0 fully saturated rings. The molecule has 0 saturated carbocycles. The molecule has 3 rings (SSSR count). The van der Waals surface area contributed by atoms with Crippen molar-refractivity contribution in [2.45, 2.75) is 31.7 Å². The van der Waals surface area contributed by atoms with Gasteiger partial charge in [0.1, 0.15) is 12.3 Å². The fraction of sp³-hybridized carbons (Fsp3) is 0.240. The van der Waals surface area contributed by atoms with Crippen LogP contribution < -0.4 is 14.4 Å². The average molecular weight is 487 g/mol. The van der Waals surface area contributed by atoms with E-state index in [2.05, 4.69) is 5.32 Å². The number of rotatable bonds is 8. The summed E-state index contributed by atoms with van der Waals surface area (Å²) >= 11 is 6.26. The Morgan fingerprint density at radius 1 is 1.00 bits per heavy atom. The zero-order chi connectivity index (χ0) is 24.2. The van der Waals surface area contributed by atoms with Gasteiger partial charge in [0.25, 0.3) is 10.0 Å². The van der Waals surface area contributed by atoms with Gasteiger partial charge in [-0.2, -0.15) is 0 Å². The predicted molar refractivity (Wildman–Crippen MR) is 131 cm³/mol. The Balaban J connectivity index is 1.92. The molecule has 1 N–H and O–H groups in total. The molecule has 0 bridgehead atoms. The van der Waals surface area contributed by atoms with Crippen LogP contribution in [0.15, 0.2) is 71.6 Å². The number of hydrogen-bond donors (Lipinski definition) is 1. The summed E-state index contributed by atoms with van der Waals surface area (Å²) < 4.78 is 33.3. The largest absolute Gasteiger partial charge is 0.495 e.